The third-order valence-corrected chi connectivity index (χ3v) is 4.30. The Hall–Kier alpha value is -0.120. The molecule has 0 radical (unpaired) electrons. The molecular weight excluding hydrogens is 200 g/mol. The van der Waals surface area contributed by atoms with E-state index in [0.717, 1.165) is 31.7 Å². The smallest absolute Gasteiger partial charge is 0.0645 e. The number of nitrogens with one attached hydrogen (secondary N) is 1. The molecule has 0 amide bonds. The molecule has 1 heterocycles. The lowest BCUT2D eigenvalue weighted by atomic mass is 9.97. The fourth-order valence-corrected chi connectivity index (χ4v) is 3.15. The van der Waals surface area contributed by atoms with Crippen molar-refractivity contribution >= 4 is 0 Å². The average Bonchev–Trinajstić information content (AvgIpc) is 2.68. The summed E-state index contributed by atoms with van der Waals surface area (Å²) in [7, 11) is 2.10. The summed E-state index contributed by atoms with van der Waals surface area (Å²) in [5, 5.41) is 3.47. The van der Waals surface area contributed by atoms with Gasteiger partial charge in [0, 0.05) is 24.7 Å². The van der Waals surface area contributed by atoms with Gasteiger partial charge >= 0.3 is 0 Å². The Kier molecular flexibility index (Phi) is 3.88. The average molecular weight is 226 g/mol. The molecule has 2 aliphatic rings. The molecular formula is C13H26N2O. The molecule has 3 heteroatoms. The Balaban J connectivity index is 1.92. The van der Waals surface area contributed by atoms with Crippen LogP contribution in [0.1, 0.15) is 33.1 Å². The molecule has 1 saturated carbocycles. The van der Waals surface area contributed by atoms with Crippen LogP contribution >= 0.6 is 0 Å². The zero-order chi connectivity index (χ0) is 11.6. The van der Waals surface area contributed by atoms with Crippen LogP contribution < -0.4 is 5.32 Å². The number of rotatable bonds is 3. The Morgan fingerprint density at radius 3 is 2.88 bits per heavy atom. The number of ether oxygens (including phenoxy) is 1. The zero-order valence-electron chi connectivity index (χ0n) is 11.0. The van der Waals surface area contributed by atoms with Gasteiger partial charge in [-0.3, -0.25) is 4.90 Å². The van der Waals surface area contributed by atoms with Crippen molar-refractivity contribution in [2.45, 2.75) is 44.7 Å². The van der Waals surface area contributed by atoms with Crippen molar-refractivity contribution < 1.29 is 4.74 Å². The molecule has 1 aliphatic heterocycles. The normalized spacial score (nSPS) is 35.4. The Bertz CT molecular complexity index is 230. The van der Waals surface area contributed by atoms with Gasteiger partial charge in [-0.25, -0.2) is 0 Å². The van der Waals surface area contributed by atoms with Crippen LogP contribution in [0, 0.1) is 5.92 Å². The van der Waals surface area contributed by atoms with Crippen molar-refractivity contribution in [2.75, 3.05) is 33.4 Å². The van der Waals surface area contributed by atoms with Crippen LogP contribution in [0.2, 0.25) is 0 Å². The quantitative estimate of drug-likeness (QED) is 0.789. The second-order valence-electron chi connectivity index (χ2n) is 5.90. The minimum atomic E-state index is 0.221. The monoisotopic (exact) mass is 226 g/mol. The van der Waals surface area contributed by atoms with Crippen molar-refractivity contribution in [1.29, 1.82) is 0 Å². The summed E-state index contributed by atoms with van der Waals surface area (Å²) < 4.78 is 5.58. The van der Waals surface area contributed by atoms with E-state index >= 15 is 0 Å². The van der Waals surface area contributed by atoms with Crippen LogP contribution in [0.3, 0.4) is 0 Å². The van der Waals surface area contributed by atoms with Gasteiger partial charge in [-0.2, -0.15) is 0 Å². The highest BCUT2D eigenvalue weighted by atomic mass is 16.5. The lowest BCUT2D eigenvalue weighted by Gasteiger charge is -2.44. The summed E-state index contributed by atoms with van der Waals surface area (Å²) in [6.45, 7) is 8.72. The van der Waals surface area contributed by atoms with Crippen LogP contribution in [0.4, 0.5) is 0 Å². The fraction of sp³-hybridized carbons (Fsp3) is 1.00. The zero-order valence-corrected chi connectivity index (χ0v) is 11.0. The Morgan fingerprint density at radius 1 is 1.38 bits per heavy atom. The van der Waals surface area contributed by atoms with Crippen molar-refractivity contribution in [2.24, 2.45) is 5.92 Å². The van der Waals surface area contributed by atoms with E-state index in [-0.39, 0.29) is 5.54 Å². The van der Waals surface area contributed by atoms with Crippen molar-refractivity contribution in [1.82, 2.24) is 10.2 Å². The van der Waals surface area contributed by atoms with E-state index in [1.807, 2.05) is 0 Å². The van der Waals surface area contributed by atoms with E-state index in [9.17, 15) is 0 Å². The SMILES string of the molecule is CNC1CCCC1CN1CCOCC1(C)C. The van der Waals surface area contributed by atoms with Gasteiger partial charge in [0.05, 0.1) is 13.2 Å². The van der Waals surface area contributed by atoms with Crippen LogP contribution in [0.15, 0.2) is 0 Å². The molecule has 0 aromatic carbocycles. The number of morpholine rings is 1. The third-order valence-electron chi connectivity index (χ3n) is 4.30. The van der Waals surface area contributed by atoms with Gasteiger partial charge in [0.1, 0.15) is 0 Å². The van der Waals surface area contributed by atoms with Crippen molar-refractivity contribution in [3.8, 4) is 0 Å². The summed E-state index contributed by atoms with van der Waals surface area (Å²) in [6, 6.07) is 0.735. The van der Waals surface area contributed by atoms with Gasteiger partial charge in [0.2, 0.25) is 0 Å². The fourth-order valence-electron chi connectivity index (χ4n) is 3.15. The molecule has 0 aromatic heterocycles. The minimum absolute atomic E-state index is 0.221. The highest BCUT2D eigenvalue weighted by molar-refractivity contribution is 4.90. The number of nitrogens with zero attached hydrogens (tertiary/aromatic N) is 1. The van der Waals surface area contributed by atoms with E-state index in [4.69, 9.17) is 4.74 Å². The summed E-state index contributed by atoms with van der Waals surface area (Å²) in [5.74, 6) is 0.836. The molecule has 94 valence electrons. The second-order valence-corrected chi connectivity index (χ2v) is 5.90. The predicted molar refractivity (Wildman–Crippen MR) is 66.7 cm³/mol. The van der Waals surface area contributed by atoms with Crippen LogP contribution in [-0.2, 0) is 4.74 Å². The molecule has 0 bridgehead atoms. The first-order valence-electron chi connectivity index (χ1n) is 6.63. The standard InChI is InChI=1S/C13H26N2O/c1-13(2)10-16-8-7-15(13)9-11-5-4-6-12(11)14-3/h11-12,14H,4-10H2,1-3H3. The summed E-state index contributed by atoms with van der Waals surface area (Å²) in [4.78, 5) is 2.62. The summed E-state index contributed by atoms with van der Waals surface area (Å²) in [6.07, 6.45) is 4.13. The predicted octanol–water partition coefficient (Wildman–Crippen LogP) is 1.49. The lowest BCUT2D eigenvalue weighted by molar-refractivity contribution is -0.0579. The Labute approximate surface area is 99.5 Å². The maximum atomic E-state index is 5.58. The molecule has 2 unspecified atom stereocenters. The molecule has 1 saturated heterocycles. The second kappa shape index (κ2) is 5.03. The maximum Gasteiger partial charge on any atom is 0.0645 e. The van der Waals surface area contributed by atoms with Crippen molar-refractivity contribution in [3.63, 3.8) is 0 Å². The lowest BCUT2D eigenvalue weighted by Crippen LogP contribution is -2.55. The van der Waals surface area contributed by atoms with E-state index in [2.05, 4.69) is 31.1 Å². The molecule has 2 fully saturated rings. The van der Waals surface area contributed by atoms with Gasteiger partial charge in [-0.1, -0.05) is 6.42 Å². The first-order chi connectivity index (χ1) is 7.63. The van der Waals surface area contributed by atoms with E-state index in [0.29, 0.717) is 0 Å². The summed E-state index contributed by atoms with van der Waals surface area (Å²) in [5.41, 5.74) is 0.221. The highest BCUT2D eigenvalue weighted by Gasteiger charge is 2.35. The van der Waals surface area contributed by atoms with Gasteiger partial charge in [0.15, 0.2) is 0 Å². The molecule has 1 N–H and O–H groups in total. The molecule has 2 rings (SSSR count). The van der Waals surface area contributed by atoms with E-state index in [1.165, 1.54) is 25.8 Å². The molecule has 0 aromatic rings. The first-order valence-corrected chi connectivity index (χ1v) is 6.63. The Morgan fingerprint density at radius 2 is 2.19 bits per heavy atom. The third kappa shape index (κ3) is 2.58. The van der Waals surface area contributed by atoms with E-state index in [1.54, 1.807) is 0 Å². The molecule has 0 spiro atoms. The largest absolute Gasteiger partial charge is 0.378 e. The van der Waals surface area contributed by atoms with Crippen LogP contribution in [0.5, 0.6) is 0 Å². The molecule has 1 aliphatic carbocycles. The number of hydrogen-bond donors (Lipinski definition) is 1. The van der Waals surface area contributed by atoms with Gasteiger partial charge < -0.3 is 10.1 Å². The van der Waals surface area contributed by atoms with Gasteiger partial charge in [0.25, 0.3) is 0 Å². The van der Waals surface area contributed by atoms with Gasteiger partial charge in [-0.15, -0.1) is 0 Å². The van der Waals surface area contributed by atoms with E-state index < -0.39 is 0 Å². The molecule has 16 heavy (non-hydrogen) atoms. The first kappa shape index (κ1) is 12.3. The number of hydrogen-bond acceptors (Lipinski definition) is 3. The summed E-state index contributed by atoms with van der Waals surface area (Å²) >= 11 is 0. The van der Waals surface area contributed by atoms with Crippen molar-refractivity contribution in [3.05, 3.63) is 0 Å². The maximum absolute atomic E-state index is 5.58. The minimum Gasteiger partial charge on any atom is -0.378 e. The van der Waals surface area contributed by atoms with Gasteiger partial charge in [-0.05, 0) is 39.7 Å². The topological polar surface area (TPSA) is 24.5 Å². The van der Waals surface area contributed by atoms with Crippen LogP contribution in [0.25, 0.3) is 0 Å². The molecule has 2 atom stereocenters. The van der Waals surface area contributed by atoms with Crippen LogP contribution in [-0.4, -0.2) is 49.8 Å². The highest BCUT2D eigenvalue weighted by Crippen LogP contribution is 2.29. The molecule has 3 nitrogen and oxygen atoms in total.